The van der Waals surface area contributed by atoms with Crippen LogP contribution in [-0.4, -0.2) is 29.3 Å². The summed E-state index contributed by atoms with van der Waals surface area (Å²) in [5.41, 5.74) is 2.31. The van der Waals surface area contributed by atoms with Crippen molar-refractivity contribution in [3.63, 3.8) is 0 Å². The fraction of sp³-hybridized carbons (Fsp3) is 0.474. The third-order valence-electron chi connectivity index (χ3n) is 4.88. The average molecular weight is 347 g/mol. The van der Waals surface area contributed by atoms with Crippen LogP contribution in [0.5, 0.6) is 0 Å². The van der Waals surface area contributed by atoms with Crippen LogP contribution in [0.3, 0.4) is 0 Å². The number of likely N-dealkylation sites (N-methyl/N-ethyl adjacent to an activating group) is 1. The highest BCUT2D eigenvalue weighted by Gasteiger charge is 2.44. The zero-order valence-electron chi connectivity index (χ0n) is 14.2. The number of hydrogen-bond donors (Lipinski definition) is 0. The van der Waals surface area contributed by atoms with Crippen molar-refractivity contribution in [1.29, 1.82) is 0 Å². The molecule has 2 amide bonds. The van der Waals surface area contributed by atoms with Gasteiger partial charge in [-0.05, 0) is 44.4 Å². The lowest BCUT2D eigenvalue weighted by Gasteiger charge is -2.31. The molecule has 128 valence electrons. The molecule has 5 heteroatoms. The van der Waals surface area contributed by atoms with E-state index in [1.807, 2.05) is 43.0 Å². The van der Waals surface area contributed by atoms with Crippen molar-refractivity contribution < 1.29 is 9.59 Å². The van der Waals surface area contributed by atoms with Gasteiger partial charge in [0.05, 0.1) is 0 Å². The van der Waals surface area contributed by atoms with Gasteiger partial charge in [-0.3, -0.25) is 14.5 Å². The van der Waals surface area contributed by atoms with E-state index >= 15 is 0 Å². The summed E-state index contributed by atoms with van der Waals surface area (Å²) in [4.78, 5) is 28.9. The minimum atomic E-state index is -0.338. The Kier molecular flexibility index (Phi) is 4.95. The van der Waals surface area contributed by atoms with Gasteiger partial charge in [0.25, 0.3) is 11.8 Å². The molecule has 24 heavy (non-hydrogen) atoms. The van der Waals surface area contributed by atoms with Gasteiger partial charge in [-0.15, -0.1) is 0 Å². The number of aryl methyl sites for hydroxylation is 1. The lowest BCUT2D eigenvalue weighted by Crippen LogP contribution is -2.43. The van der Waals surface area contributed by atoms with Crippen LogP contribution in [-0.2, 0) is 9.59 Å². The first-order chi connectivity index (χ1) is 11.5. The number of halogens is 1. The highest BCUT2D eigenvalue weighted by molar-refractivity contribution is 6.48. The number of rotatable bonds is 4. The normalized spacial score (nSPS) is 19.4. The van der Waals surface area contributed by atoms with Crippen molar-refractivity contribution in [3.05, 3.63) is 40.6 Å². The third-order valence-corrected chi connectivity index (χ3v) is 5.22. The first kappa shape index (κ1) is 17.0. The Morgan fingerprint density at radius 1 is 1.17 bits per heavy atom. The van der Waals surface area contributed by atoms with Crippen molar-refractivity contribution in [3.8, 4) is 0 Å². The van der Waals surface area contributed by atoms with E-state index in [1.54, 1.807) is 0 Å². The van der Waals surface area contributed by atoms with E-state index in [0.717, 1.165) is 36.9 Å². The minimum absolute atomic E-state index is 0.0128. The fourth-order valence-corrected chi connectivity index (χ4v) is 3.95. The molecule has 0 atom stereocenters. The number of carbonyl (C=O) groups is 2. The molecule has 1 heterocycles. The molecule has 1 fully saturated rings. The van der Waals surface area contributed by atoms with E-state index in [4.69, 9.17) is 11.6 Å². The van der Waals surface area contributed by atoms with Crippen molar-refractivity contribution in [2.75, 3.05) is 11.4 Å². The number of amides is 2. The SMILES string of the molecule is CCN(C1=C(Cl)C(=O)N(C2CCCCC2)C1=O)c1cccc(C)c1. The standard InChI is InChI=1S/C19H23ClN2O2/c1-3-21(15-11-7-8-13(2)12-15)17-16(20)18(23)22(19(17)24)14-9-5-4-6-10-14/h7-8,11-12,14H,3-6,9-10H2,1-2H3. The molecule has 2 aliphatic rings. The summed E-state index contributed by atoms with van der Waals surface area (Å²) in [6.45, 7) is 4.54. The number of carbonyl (C=O) groups excluding carboxylic acids is 2. The molecule has 4 nitrogen and oxygen atoms in total. The van der Waals surface area contributed by atoms with Crippen LogP contribution in [0.15, 0.2) is 35.0 Å². The maximum absolute atomic E-state index is 13.0. The van der Waals surface area contributed by atoms with Crippen LogP contribution in [0.25, 0.3) is 0 Å². The Bertz CT molecular complexity index is 692. The van der Waals surface area contributed by atoms with Crippen LogP contribution >= 0.6 is 11.6 Å². The predicted molar refractivity (Wildman–Crippen MR) is 95.8 cm³/mol. The second kappa shape index (κ2) is 6.98. The Morgan fingerprint density at radius 2 is 1.88 bits per heavy atom. The van der Waals surface area contributed by atoms with Crippen molar-refractivity contribution in [2.45, 2.75) is 52.0 Å². The van der Waals surface area contributed by atoms with Crippen LogP contribution in [0, 0.1) is 6.92 Å². The van der Waals surface area contributed by atoms with Gasteiger partial charge in [0, 0.05) is 18.3 Å². The summed E-state index contributed by atoms with van der Waals surface area (Å²) in [7, 11) is 0. The van der Waals surface area contributed by atoms with E-state index in [0.29, 0.717) is 12.2 Å². The third kappa shape index (κ3) is 2.95. The summed E-state index contributed by atoms with van der Waals surface area (Å²) < 4.78 is 0. The molecule has 0 bridgehead atoms. The second-order valence-electron chi connectivity index (χ2n) is 6.52. The quantitative estimate of drug-likeness (QED) is 0.774. The lowest BCUT2D eigenvalue weighted by atomic mass is 9.94. The molecule has 0 aromatic heterocycles. The van der Waals surface area contributed by atoms with Crippen LogP contribution in [0.2, 0.25) is 0 Å². The molecule has 1 saturated carbocycles. The number of imide groups is 1. The monoisotopic (exact) mass is 346 g/mol. The molecule has 0 unspecified atom stereocenters. The molecular formula is C19H23ClN2O2. The molecule has 1 aromatic rings. The highest BCUT2D eigenvalue weighted by atomic mass is 35.5. The molecule has 0 saturated heterocycles. The summed E-state index contributed by atoms with van der Waals surface area (Å²) in [5.74, 6) is -0.588. The highest BCUT2D eigenvalue weighted by Crippen LogP contribution is 2.35. The summed E-state index contributed by atoms with van der Waals surface area (Å²) in [6.07, 6.45) is 5.05. The van der Waals surface area contributed by atoms with Gasteiger partial charge in [0.2, 0.25) is 0 Å². The van der Waals surface area contributed by atoms with Crippen LogP contribution < -0.4 is 4.90 Å². The first-order valence-corrected chi connectivity index (χ1v) is 9.04. The Balaban J connectivity index is 1.94. The summed E-state index contributed by atoms with van der Waals surface area (Å²) in [5, 5.41) is 0.0499. The van der Waals surface area contributed by atoms with Gasteiger partial charge in [-0.1, -0.05) is 43.0 Å². The Labute approximate surface area is 148 Å². The van der Waals surface area contributed by atoms with Gasteiger partial charge in [-0.25, -0.2) is 0 Å². The van der Waals surface area contributed by atoms with Crippen LogP contribution in [0.1, 0.15) is 44.6 Å². The van der Waals surface area contributed by atoms with Gasteiger partial charge >= 0.3 is 0 Å². The molecule has 1 aliphatic carbocycles. The summed E-state index contributed by atoms with van der Waals surface area (Å²) in [6, 6.07) is 7.88. The van der Waals surface area contributed by atoms with Crippen molar-refractivity contribution in [1.82, 2.24) is 4.90 Å². The lowest BCUT2D eigenvalue weighted by molar-refractivity contribution is -0.140. The molecule has 3 rings (SSSR count). The van der Waals surface area contributed by atoms with E-state index in [-0.39, 0.29) is 22.9 Å². The number of hydrogen-bond acceptors (Lipinski definition) is 3. The average Bonchev–Trinajstić information content (AvgIpc) is 2.80. The van der Waals surface area contributed by atoms with E-state index < -0.39 is 0 Å². The van der Waals surface area contributed by atoms with Gasteiger partial charge in [-0.2, -0.15) is 0 Å². The Morgan fingerprint density at radius 3 is 2.50 bits per heavy atom. The maximum atomic E-state index is 13.0. The van der Waals surface area contributed by atoms with Gasteiger partial charge in [0.1, 0.15) is 10.7 Å². The van der Waals surface area contributed by atoms with E-state index in [9.17, 15) is 9.59 Å². The first-order valence-electron chi connectivity index (χ1n) is 8.66. The van der Waals surface area contributed by atoms with E-state index in [1.165, 1.54) is 11.3 Å². The zero-order valence-corrected chi connectivity index (χ0v) is 15.0. The topological polar surface area (TPSA) is 40.6 Å². The molecule has 1 aliphatic heterocycles. The number of benzene rings is 1. The Hall–Kier alpha value is -1.81. The molecular weight excluding hydrogens is 324 g/mol. The predicted octanol–water partition coefficient (Wildman–Crippen LogP) is 3.97. The van der Waals surface area contributed by atoms with E-state index in [2.05, 4.69) is 0 Å². The van der Waals surface area contributed by atoms with Gasteiger partial charge in [0.15, 0.2) is 0 Å². The molecule has 0 N–H and O–H groups in total. The second-order valence-corrected chi connectivity index (χ2v) is 6.90. The largest absolute Gasteiger partial charge is 0.336 e. The molecule has 1 aromatic carbocycles. The van der Waals surface area contributed by atoms with Crippen LogP contribution in [0.4, 0.5) is 5.69 Å². The maximum Gasteiger partial charge on any atom is 0.279 e. The van der Waals surface area contributed by atoms with Crippen molar-refractivity contribution >= 4 is 29.1 Å². The smallest absolute Gasteiger partial charge is 0.279 e. The minimum Gasteiger partial charge on any atom is -0.336 e. The number of nitrogens with zero attached hydrogens (tertiary/aromatic N) is 2. The molecule has 0 radical (unpaired) electrons. The number of anilines is 1. The summed E-state index contributed by atoms with van der Waals surface area (Å²) >= 11 is 6.33. The van der Waals surface area contributed by atoms with Gasteiger partial charge < -0.3 is 4.90 Å². The van der Waals surface area contributed by atoms with Crippen molar-refractivity contribution in [2.24, 2.45) is 0 Å². The zero-order chi connectivity index (χ0) is 17.3. The molecule has 0 spiro atoms. The fourth-order valence-electron chi connectivity index (χ4n) is 3.68.